The van der Waals surface area contributed by atoms with Gasteiger partial charge >= 0.3 is 0 Å². The molecule has 0 saturated heterocycles. The second-order valence-corrected chi connectivity index (χ2v) is 8.02. The smallest absolute Gasteiger partial charge is 0.107 e. The van der Waals surface area contributed by atoms with Gasteiger partial charge in [-0.05, 0) is 29.7 Å². The van der Waals surface area contributed by atoms with Gasteiger partial charge in [-0.2, -0.15) is 0 Å². The number of rotatable bonds is 3. The fourth-order valence-electron chi connectivity index (χ4n) is 4.01. The molecule has 0 radical (unpaired) electrons. The summed E-state index contributed by atoms with van der Waals surface area (Å²) in [5, 5.41) is 5.32. The summed E-state index contributed by atoms with van der Waals surface area (Å²) >= 11 is 8.32. The van der Waals surface area contributed by atoms with E-state index in [9.17, 15) is 0 Å². The van der Waals surface area contributed by atoms with E-state index in [1.165, 1.54) is 22.2 Å². The van der Waals surface area contributed by atoms with Gasteiger partial charge < -0.3 is 4.98 Å². The fourth-order valence-corrected chi connectivity index (χ4v) is 4.89. The van der Waals surface area contributed by atoms with Gasteiger partial charge in [0.1, 0.15) is 5.01 Å². The van der Waals surface area contributed by atoms with Crippen LogP contribution in [0, 0.1) is 0 Å². The van der Waals surface area contributed by atoms with Crippen LogP contribution in [0.1, 0.15) is 27.9 Å². The highest BCUT2D eigenvalue weighted by atomic mass is 35.5. The Morgan fingerprint density at radius 1 is 1.15 bits per heavy atom. The lowest BCUT2D eigenvalue weighted by Crippen LogP contribution is -2.35. The predicted molar refractivity (Wildman–Crippen MR) is 108 cm³/mol. The molecule has 3 heterocycles. The van der Waals surface area contributed by atoms with Crippen LogP contribution in [0.4, 0.5) is 0 Å². The lowest BCUT2D eigenvalue weighted by atomic mass is 9.92. The normalized spacial score (nSPS) is 17.5. The SMILES string of the molecule is Clc1ccccc1[C@@H]1c2[nH]c3ccccc3c2CCN1Cc1nccs1. The molecule has 0 bridgehead atoms. The third-order valence-corrected chi connectivity index (χ3v) is 6.26. The zero-order chi connectivity index (χ0) is 17.5. The molecule has 4 aromatic rings. The Balaban J connectivity index is 1.67. The van der Waals surface area contributed by atoms with E-state index in [0.717, 1.165) is 35.1 Å². The standard InChI is InChI=1S/C21H18ClN3S/c22-17-7-3-1-6-16(17)21-20-15(14-5-2-4-8-18(14)24-20)9-11-25(21)13-19-23-10-12-26-19/h1-8,10,12,21,24H,9,11,13H2/t21-/m1/s1. The lowest BCUT2D eigenvalue weighted by molar-refractivity contribution is 0.202. The van der Waals surface area contributed by atoms with Crippen molar-refractivity contribution in [2.75, 3.05) is 6.54 Å². The minimum atomic E-state index is 0.115. The molecule has 5 rings (SSSR count). The fraction of sp³-hybridized carbons (Fsp3) is 0.190. The van der Waals surface area contributed by atoms with E-state index in [1.54, 1.807) is 11.3 Å². The van der Waals surface area contributed by atoms with Crippen LogP contribution in [0.15, 0.2) is 60.1 Å². The number of H-pyrrole nitrogens is 1. The molecule has 0 amide bonds. The number of fused-ring (bicyclic) bond motifs is 3. The van der Waals surface area contributed by atoms with Gasteiger partial charge in [0.2, 0.25) is 0 Å². The van der Waals surface area contributed by atoms with Crippen LogP contribution in [0.25, 0.3) is 10.9 Å². The Morgan fingerprint density at radius 3 is 2.85 bits per heavy atom. The number of nitrogens with one attached hydrogen (secondary N) is 1. The summed E-state index contributed by atoms with van der Waals surface area (Å²) in [7, 11) is 0. The molecule has 26 heavy (non-hydrogen) atoms. The van der Waals surface area contributed by atoms with E-state index >= 15 is 0 Å². The lowest BCUT2D eigenvalue weighted by Gasteiger charge is -2.36. The number of thiazole rings is 1. The van der Waals surface area contributed by atoms with Crippen LogP contribution in [-0.2, 0) is 13.0 Å². The minimum Gasteiger partial charge on any atom is -0.357 e. The molecule has 0 aliphatic carbocycles. The molecule has 3 nitrogen and oxygen atoms in total. The van der Waals surface area contributed by atoms with Crippen molar-refractivity contribution < 1.29 is 0 Å². The first kappa shape index (κ1) is 16.1. The largest absolute Gasteiger partial charge is 0.357 e. The van der Waals surface area contributed by atoms with Gasteiger partial charge in [0.05, 0.1) is 12.6 Å². The molecule has 0 saturated carbocycles. The number of nitrogens with zero attached hydrogens (tertiary/aromatic N) is 2. The van der Waals surface area contributed by atoms with Crippen LogP contribution in [0.2, 0.25) is 5.02 Å². The first-order valence-electron chi connectivity index (χ1n) is 8.77. The molecular weight excluding hydrogens is 362 g/mol. The zero-order valence-corrected chi connectivity index (χ0v) is 15.7. The van der Waals surface area contributed by atoms with Crippen molar-refractivity contribution in [2.45, 2.75) is 19.0 Å². The van der Waals surface area contributed by atoms with Gasteiger partial charge in [0.15, 0.2) is 0 Å². The van der Waals surface area contributed by atoms with Crippen molar-refractivity contribution in [3.8, 4) is 0 Å². The highest BCUT2D eigenvalue weighted by molar-refractivity contribution is 7.09. The molecule has 5 heteroatoms. The number of hydrogen-bond donors (Lipinski definition) is 1. The average molecular weight is 380 g/mol. The van der Waals surface area contributed by atoms with Crippen LogP contribution in [-0.4, -0.2) is 21.4 Å². The van der Waals surface area contributed by atoms with Crippen LogP contribution in [0.5, 0.6) is 0 Å². The van der Waals surface area contributed by atoms with Crippen molar-refractivity contribution in [1.82, 2.24) is 14.9 Å². The van der Waals surface area contributed by atoms with E-state index < -0.39 is 0 Å². The van der Waals surface area contributed by atoms with Gasteiger partial charge in [0.25, 0.3) is 0 Å². The number of halogens is 1. The predicted octanol–water partition coefficient (Wildman–Crippen LogP) is 5.43. The van der Waals surface area contributed by atoms with Crippen molar-refractivity contribution in [3.63, 3.8) is 0 Å². The summed E-state index contributed by atoms with van der Waals surface area (Å²) in [6.07, 6.45) is 2.91. The first-order chi connectivity index (χ1) is 12.8. The molecule has 1 aliphatic heterocycles. The van der Waals surface area contributed by atoms with E-state index in [2.05, 4.69) is 51.3 Å². The summed E-state index contributed by atoms with van der Waals surface area (Å²) < 4.78 is 0. The number of hydrogen-bond acceptors (Lipinski definition) is 3. The van der Waals surface area contributed by atoms with E-state index in [4.69, 9.17) is 11.6 Å². The molecule has 1 atom stereocenters. The summed E-state index contributed by atoms with van der Waals surface area (Å²) in [5.41, 5.74) is 5.03. The molecule has 130 valence electrons. The Labute approximate surface area is 161 Å². The van der Waals surface area contributed by atoms with Gasteiger partial charge in [-0.3, -0.25) is 4.90 Å². The average Bonchev–Trinajstić information content (AvgIpc) is 3.30. The quantitative estimate of drug-likeness (QED) is 0.515. The first-order valence-corrected chi connectivity index (χ1v) is 10.0. The van der Waals surface area contributed by atoms with Crippen LogP contribution < -0.4 is 0 Å². The number of aromatic amines is 1. The van der Waals surface area contributed by atoms with Crippen molar-refractivity contribution in [3.05, 3.63) is 87.0 Å². The minimum absolute atomic E-state index is 0.115. The second-order valence-electron chi connectivity index (χ2n) is 6.63. The van der Waals surface area contributed by atoms with E-state index in [-0.39, 0.29) is 6.04 Å². The molecule has 1 aliphatic rings. The summed E-state index contributed by atoms with van der Waals surface area (Å²) in [6.45, 7) is 1.83. The van der Waals surface area contributed by atoms with Gasteiger partial charge in [0, 0.05) is 39.7 Å². The monoisotopic (exact) mass is 379 g/mol. The third-order valence-electron chi connectivity index (χ3n) is 5.16. The number of para-hydroxylation sites is 1. The van der Waals surface area contributed by atoms with Crippen molar-refractivity contribution >= 4 is 33.8 Å². The summed E-state index contributed by atoms with van der Waals surface area (Å²) in [4.78, 5) is 10.7. The molecule has 2 aromatic heterocycles. The molecule has 0 unspecified atom stereocenters. The van der Waals surface area contributed by atoms with E-state index in [0.29, 0.717) is 0 Å². The molecule has 2 aromatic carbocycles. The molecule has 0 spiro atoms. The van der Waals surface area contributed by atoms with Crippen molar-refractivity contribution in [2.24, 2.45) is 0 Å². The van der Waals surface area contributed by atoms with Crippen LogP contribution in [0.3, 0.4) is 0 Å². The highest BCUT2D eigenvalue weighted by Gasteiger charge is 2.33. The number of benzene rings is 2. The zero-order valence-electron chi connectivity index (χ0n) is 14.2. The van der Waals surface area contributed by atoms with Crippen molar-refractivity contribution in [1.29, 1.82) is 0 Å². The highest BCUT2D eigenvalue weighted by Crippen LogP contribution is 2.41. The Kier molecular flexibility index (Phi) is 4.04. The maximum Gasteiger partial charge on any atom is 0.107 e. The maximum absolute atomic E-state index is 6.62. The van der Waals surface area contributed by atoms with Gasteiger partial charge in [-0.25, -0.2) is 4.98 Å². The number of aromatic nitrogens is 2. The summed E-state index contributed by atoms with van der Waals surface area (Å²) in [6, 6.07) is 16.9. The molecule has 0 fully saturated rings. The second kappa shape index (κ2) is 6.54. The summed E-state index contributed by atoms with van der Waals surface area (Å²) in [5.74, 6) is 0. The third kappa shape index (κ3) is 2.65. The van der Waals surface area contributed by atoms with Crippen LogP contribution >= 0.6 is 22.9 Å². The molecule has 1 N–H and O–H groups in total. The van der Waals surface area contributed by atoms with E-state index in [1.807, 2.05) is 23.7 Å². The Bertz CT molecular complexity index is 1050. The topological polar surface area (TPSA) is 31.9 Å². The molecular formula is C21H18ClN3S. The van der Waals surface area contributed by atoms with Gasteiger partial charge in [-0.1, -0.05) is 48.0 Å². The maximum atomic E-state index is 6.62. The Morgan fingerprint density at radius 2 is 2.00 bits per heavy atom. The van der Waals surface area contributed by atoms with Gasteiger partial charge in [-0.15, -0.1) is 11.3 Å². The Hall–Kier alpha value is -2.14.